The Bertz CT molecular complexity index is 1000. The van der Waals surface area contributed by atoms with Gasteiger partial charge in [-0.2, -0.15) is 4.98 Å². The maximum absolute atomic E-state index is 13.9. The Morgan fingerprint density at radius 1 is 1.21 bits per heavy atom. The zero-order chi connectivity index (χ0) is 20.8. The second-order valence-corrected chi connectivity index (χ2v) is 7.25. The van der Waals surface area contributed by atoms with Crippen molar-refractivity contribution in [3.63, 3.8) is 0 Å². The molecule has 29 heavy (non-hydrogen) atoms. The lowest BCUT2D eigenvalue weighted by Gasteiger charge is -2.08. The number of aromatic hydroxyl groups is 1. The van der Waals surface area contributed by atoms with Crippen LogP contribution < -0.4 is 0 Å². The number of hydrogen-bond donors (Lipinski definition) is 1. The normalized spacial score (nSPS) is 11.6. The number of aromatic nitrogens is 1. The molecule has 0 atom stereocenters. The summed E-state index contributed by atoms with van der Waals surface area (Å²) in [6.45, 7) is 5.27. The minimum Gasteiger partial charge on any atom is -0.478 e. The van der Waals surface area contributed by atoms with Gasteiger partial charge in [0.1, 0.15) is 5.82 Å². The molecule has 2 aromatic carbocycles. The summed E-state index contributed by atoms with van der Waals surface area (Å²) in [6, 6.07) is 11.1. The average molecular weight is 418 g/mol. The van der Waals surface area contributed by atoms with Crippen LogP contribution in [0.5, 0.6) is 5.95 Å². The average Bonchev–Trinajstić information content (AvgIpc) is 3.06. The maximum atomic E-state index is 13.9. The Labute approximate surface area is 173 Å². The number of nitrogens with zero attached hydrogens (tertiary/aromatic N) is 3. The van der Waals surface area contributed by atoms with Crippen LogP contribution >= 0.6 is 11.6 Å². The third-order valence-electron chi connectivity index (χ3n) is 4.08. The highest BCUT2D eigenvalue weighted by Gasteiger charge is 2.16. The summed E-state index contributed by atoms with van der Waals surface area (Å²) in [7, 11) is 0. The molecule has 0 fully saturated rings. The molecule has 1 heterocycles. The van der Waals surface area contributed by atoms with E-state index in [1.54, 1.807) is 30.3 Å². The highest BCUT2D eigenvalue weighted by atomic mass is 35.5. The van der Waals surface area contributed by atoms with E-state index < -0.39 is 11.8 Å². The van der Waals surface area contributed by atoms with E-state index in [0.29, 0.717) is 29.8 Å². The molecule has 0 unspecified atom stereocenters. The number of ether oxygens (including phenoxy) is 1. The van der Waals surface area contributed by atoms with Crippen molar-refractivity contribution in [2.75, 3.05) is 6.61 Å². The second kappa shape index (κ2) is 9.62. The predicted molar refractivity (Wildman–Crippen MR) is 108 cm³/mol. The molecule has 0 bridgehead atoms. The molecule has 0 spiro atoms. The van der Waals surface area contributed by atoms with Crippen LogP contribution in [0.1, 0.15) is 25.8 Å². The van der Waals surface area contributed by atoms with Crippen molar-refractivity contribution < 1.29 is 18.7 Å². The summed E-state index contributed by atoms with van der Waals surface area (Å²) < 4.78 is 24.6. The van der Waals surface area contributed by atoms with Crippen LogP contribution in [0.4, 0.5) is 15.9 Å². The molecule has 152 valence electrons. The maximum Gasteiger partial charge on any atom is 0.332 e. The van der Waals surface area contributed by atoms with Gasteiger partial charge in [0.05, 0.1) is 17.9 Å². The van der Waals surface area contributed by atoms with Gasteiger partial charge in [0.15, 0.2) is 0 Å². The molecule has 3 rings (SSSR count). The summed E-state index contributed by atoms with van der Waals surface area (Å²) >= 11 is 6.21. The fourth-order valence-corrected chi connectivity index (χ4v) is 2.63. The first kappa shape index (κ1) is 21.0. The predicted octanol–water partition coefficient (Wildman–Crippen LogP) is 6.82. The summed E-state index contributed by atoms with van der Waals surface area (Å²) in [5, 5.41) is 18.4. The van der Waals surface area contributed by atoms with Gasteiger partial charge in [-0.25, -0.2) is 4.39 Å². The highest BCUT2D eigenvalue weighted by molar-refractivity contribution is 6.31. The van der Waals surface area contributed by atoms with Crippen LogP contribution in [0.25, 0.3) is 11.5 Å². The van der Waals surface area contributed by atoms with E-state index in [0.717, 1.165) is 12.0 Å². The summed E-state index contributed by atoms with van der Waals surface area (Å²) in [4.78, 5) is 4.01. The van der Waals surface area contributed by atoms with Gasteiger partial charge in [-0.15, -0.1) is 10.2 Å². The van der Waals surface area contributed by atoms with E-state index in [4.69, 9.17) is 20.8 Å². The molecule has 8 heteroatoms. The number of rotatable bonds is 8. The lowest BCUT2D eigenvalue weighted by Crippen LogP contribution is -1.99. The number of azo groups is 1. The van der Waals surface area contributed by atoms with Gasteiger partial charge in [0.25, 0.3) is 5.82 Å². The molecule has 1 N–H and O–H groups in total. The smallest absolute Gasteiger partial charge is 0.332 e. The van der Waals surface area contributed by atoms with E-state index in [1.165, 1.54) is 12.1 Å². The topological polar surface area (TPSA) is 80.2 Å². The Morgan fingerprint density at radius 3 is 2.76 bits per heavy atom. The zero-order valence-corrected chi connectivity index (χ0v) is 16.9. The van der Waals surface area contributed by atoms with Crippen LogP contribution in [-0.2, 0) is 11.3 Å². The van der Waals surface area contributed by atoms with Gasteiger partial charge in [-0.05, 0) is 48.2 Å². The van der Waals surface area contributed by atoms with E-state index in [-0.39, 0.29) is 17.3 Å². The zero-order valence-electron chi connectivity index (χ0n) is 16.1. The van der Waals surface area contributed by atoms with Gasteiger partial charge < -0.3 is 14.3 Å². The lowest BCUT2D eigenvalue weighted by atomic mass is 10.1. The van der Waals surface area contributed by atoms with Crippen LogP contribution in [0, 0.1) is 11.7 Å². The van der Waals surface area contributed by atoms with Crippen molar-refractivity contribution in [2.24, 2.45) is 16.1 Å². The van der Waals surface area contributed by atoms with Gasteiger partial charge in [0, 0.05) is 11.6 Å². The number of benzene rings is 2. The third-order valence-corrected chi connectivity index (χ3v) is 4.45. The van der Waals surface area contributed by atoms with Gasteiger partial charge >= 0.3 is 5.95 Å². The fourth-order valence-electron chi connectivity index (χ4n) is 2.46. The highest BCUT2D eigenvalue weighted by Crippen LogP contribution is 2.34. The molecule has 6 nitrogen and oxygen atoms in total. The van der Waals surface area contributed by atoms with E-state index >= 15 is 0 Å². The first-order valence-electron chi connectivity index (χ1n) is 9.16. The van der Waals surface area contributed by atoms with Gasteiger partial charge in [-0.1, -0.05) is 37.6 Å². The Kier molecular flexibility index (Phi) is 6.95. The Morgan fingerprint density at radius 2 is 2.00 bits per heavy atom. The first-order valence-corrected chi connectivity index (χ1v) is 9.54. The first-order chi connectivity index (χ1) is 13.9. The number of hydrogen-bond acceptors (Lipinski definition) is 6. The Hall–Kier alpha value is -2.77. The molecule has 0 saturated carbocycles. The lowest BCUT2D eigenvalue weighted by molar-refractivity contribution is 0.111. The van der Waals surface area contributed by atoms with Crippen LogP contribution in [-0.4, -0.2) is 16.7 Å². The molecule has 0 saturated heterocycles. The summed E-state index contributed by atoms with van der Waals surface area (Å²) in [5.74, 6) is -0.719. The number of halogens is 2. The van der Waals surface area contributed by atoms with Crippen LogP contribution in [0.15, 0.2) is 57.1 Å². The molecule has 0 amide bonds. The van der Waals surface area contributed by atoms with Crippen LogP contribution in [0.2, 0.25) is 5.02 Å². The van der Waals surface area contributed by atoms with Crippen molar-refractivity contribution in [3.05, 3.63) is 58.9 Å². The van der Waals surface area contributed by atoms with Crippen molar-refractivity contribution in [3.8, 4) is 17.4 Å². The molecule has 0 aliphatic carbocycles. The van der Waals surface area contributed by atoms with Gasteiger partial charge in [-0.3, -0.25) is 0 Å². The standard InChI is InChI=1S/C21H21ClFN3O3/c1-13(2)9-10-28-12-14-11-15(7-8-17(14)22)25-26-19-21(27)29-20(24-19)16-5-3-4-6-18(16)23/h3-8,11,13,27H,9-10,12H2,1-2H3. The summed E-state index contributed by atoms with van der Waals surface area (Å²) in [6.07, 6.45) is 0.965. The molecule has 3 aromatic rings. The minimum atomic E-state index is -0.543. The van der Waals surface area contributed by atoms with Crippen LogP contribution in [0.3, 0.4) is 0 Å². The Balaban J connectivity index is 1.73. The van der Waals surface area contributed by atoms with Crippen molar-refractivity contribution in [1.82, 2.24) is 4.98 Å². The molecule has 0 radical (unpaired) electrons. The second-order valence-electron chi connectivity index (χ2n) is 6.84. The SMILES string of the molecule is CC(C)CCOCc1cc(N=Nc2nc(-c3ccccc3F)oc2O)ccc1Cl. The summed E-state index contributed by atoms with van der Waals surface area (Å²) in [5.41, 5.74) is 1.41. The fraction of sp³-hybridized carbons (Fsp3) is 0.286. The third kappa shape index (κ3) is 5.62. The van der Waals surface area contributed by atoms with E-state index in [1.807, 2.05) is 0 Å². The molecular weight excluding hydrogens is 397 g/mol. The van der Waals surface area contributed by atoms with Crippen molar-refractivity contribution >= 4 is 23.1 Å². The van der Waals surface area contributed by atoms with E-state index in [9.17, 15) is 9.50 Å². The van der Waals surface area contributed by atoms with Crippen molar-refractivity contribution in [2.45, 2.75) is 26.9 Å². The molecule has 0 aliphatic heterocycles. The molecule has 1 aromatic heterocycles. The quantitative estimate of drug-likeness (QED) is 0.322. The molecule has 0 aliphatic rings. The largest absolute Gasteiger partial charge is 0.478 e. The monoisotopic (exact) mass is 417 g/mol. The van der Waals surface area contributed by atoms with Crippen molar-refractivity contribution in [1.29, 1.82) is 0 Å². The molecular formula is C21H21ClFN3O3. The van der Waals surface area contributed by atoms with E-state index in [2.05, 4.69) is 29.1 Å². The minimum absolute atomic E-state index is 0.0788. The number of oxazole rings is 1. The van der Waals surface area contributed by atoms with Gasteiger partial charge in [0.2, 0.25) is 5.89 Å².